The van der Waals surface area contributed by atoms with Gasteiger partial charge in [0.15, 0.2) is 10.8 Å². The van der Waals surface area contributed by atoms with Gasteiger partial charge in [0, 0.05) is 31.3 Å². The monoisotopic (exact) mass is 414 g/mol. The number of hydrogen-bond acceptors (Lipinski definition) is 3. The van der Waals surface area contributed by atoms with Gasteiger partial charge in [-0.2, -0.15) is 0 Å². The van der Waals surface area contributed by atoms with Crippen LogP contribution in [-0.4, -0.2) is 23.9 Å². The molecular formula is C21H23FN4O2S. The maximum atomic E-state index is 14.3. The third kappa shape index (κ3) is 4.36. The summed E-state index contributed by atoms with van der Waals surface area (Å²) in [4.78, 5) is 16.5. The van der Waals surface area contributed by atoms with E-state index in [-0.39, 0.29) is 13.0 Å². The number of thiocarbonyl (C=S) groups is 1. The molecule has 1 fully saturated rings. The molecule has 1 amide bonds. The van der Waals surface area contributed by atoms with Crippen LogP contribution >= 0.6 is 12.2 Å². The highest BCUT2D eigenvalue weighted by atomic mass is 32.1. The first-order chi connectivity index (χ1) is 13.3. The molecule has 6 nitrogen and oxygen atoms in total. The number of hydrogen-bond donors (Lipinski definition) is 2. The molecule has 29 heavy (non-hydrogen) atoms. The number of carbonyl (C=O) groups is 1. The summed E-state index contributed by atoms with van der Waals surface area (Å²) < 4.78 is 20.0. The number of aryl methyl sites for hydroxylation is 1. The Balaban J connectivity index is 0.00000300. The van der Waals surface area contributed by atoms with E-state index in [4.69, 9.17) is 29.3 Å². The van der Waals surface area contributed by atoms with Gasteiger partial charge in [0.2, 0.25) is 0 Å². The van der Waals surface area contributed by atoms with Crippen molar-refractivity contribution in [2.75, 3.05) is 17.3 Å². The van der Waals surface area contributed by atoms with E-state index in [1.807, 2.05) is 13.0 Å². The van der Waals surface area contributed by atoms with Gasteiger partial charge in [-0.25, -0.2) is 9.24 Å². The van der Waals surface area contributed by atoms with Gasteiger partial charge in [0.25, 0.3) is 5.91 Å². The van der Waals surface area contributed by atoms with Gasteiger partial charge in [-0.05, 0) is 55.0 Å². The van der Waals surface area contributed by atoms with Crippen LogP contribution in [0.2, 0.25) is 0 Å². The van der Waals surface area contributed by atoms with Crippen LogP contribution < -0.4 is 16.0 Å². The largest absolute Gasteiger partial charge is 0.366 e. The van der Waals surface area contributed by atoms with Crippen molar-refractivity contribution >= 4 is 40.3 Å². The Morgan fingerprint density at radius 3 is 2.52 bits per heavy atom. The van der Waals surface area contributed by atoms with Gasteiger partial charge in [-0.3, -0.25) is 9.69 Å². The zero-order chi connectivity index (χ0) is 20.5. The van der Waals surface area contributed by atoms with Gasteiger partial charge in [-0.15, -0.1) is 0 Å². The number of carbonyl (C=O) groups excluding carboxylic acids is 1. The number of benzene rings is 2. The smallest absolute Gasteiger partial charge is 0.251 e. The Bertz CT molecular complexity index is 999. The first-order valence-corrected chi connectivity index (χ1v) is 8.96. The third-order valence-corrected chi connectivity index (χ3v) is 5.00. The molecule has 2 aromatic carbocycles. The maximum Gasteiger partial charge on any atom is 0.251 e. The van der Waals surface area contributed by atoms with Crippen LogP contribution in [0.4, 0.5) is 21.5 Å². The van der Waals surface area contributed by atoms with E-state index in [1.165, 1.54) is 12.1 Å². The summed E-state index contributed by atoms with van der Waals surface area (Å²) in [7, 11) is 1.57. The summed E-state index contributed by atoms with van der Waals surface area (Å²) >= 11 is 5.59. The highest BCUT2D eigenvalue weighted by Gasteiger charge is 2.51. The normalized spacial score (nSPS) is 13.6. The first kappa shape index (κ1) is 22.3. The highest BCUT2D eigenvalue weighted by molar-refractivity contribution is 7.80. The fraction of sp³-hybridized carbons (Fsp3) is 0.286. The molecule has 1 aliphatic carbocycles. The molecule has 3 rings (SSSR count). The van der Waals surface area contributed by atoms with Gasteiger partial charge in [0.05, 0.1) is 12.1 Å². The molecule has 3 N–H and O–H groups in total. The first-order valence-electron chi connectivity index (χ1n) is 8.55. The van der Waals surface area contributed by atoms with Crippen molar-refractivity contribution in [1.29, 1.82) is 0 Å². The standard InChI is InChI=1S/C20H19FN4O2S.CH4/c1-12-10-13(4-7-17(12)23-2)24-19(28)25(20(27-3)8-9-20)14-5-6-15(18(22)26)16(21)11-14;/h4-7,10-11H,8-9H2,1,3H3,(H2,22,26)(H,24,28);1H4. The number of nitrogens with one attached hydrogen (secondary N) is 1. The summed E-state index contributed by atoms with van der Waals surface area (Å²) in [6.07, 6.45) is 1.44. The molecule has 0 bridgehead atoms. The van der Waals surface area contributed by atoms with Crippen LogP contribution in [0.25, 0.3) is 4.85 Å². The van der Waals surface area contributed by atoms with E-state index in [1.54, 1.807) is 30.2 Å². The molecule has 1 saturated carbocycles. The number of primary amides is 1. The fourth-order valence-electron chi connectivity index (χ4n) is 3.04. The van der Waals surface area contributed by atoms with E-state index in [9.17, 15) is 9.18 Å². The van der Waals surface area contributed by atoms with Gasteiger partial charge in [-0.1, -0.05) is 13.5 Å². The van der Waals surface area contributed by atoms with Crippen molar-refractivity contribution in [2.24, 2.45) is 5.73 Å². The van der Waals surface area contributed by atoms with Crippen LogP contribution in [0, 0.1) is 19.3 Å². The Hall–Kier alpha value is -3.02. The summed E-state index contributed by atoms with van der Waals surface area (Å²) in [6.45, 7) is 8.99. The van der Waals surface area contributed by atoms with Gasteiger partial charge in [0.1, 0.15) is 11.5 Å². The molecule has 0 aliphatic heterocycles. The maximum absolute atomic E-state index is 14.3. The molecule has 0 radical (unpaired) electrons. The number of halogens is 1. The Morgan fingerprint density at radius 1 is 1.34 bits per heavy atom. The molecule has 2 aromatic rings. The quantitative estimate of drug-likeness (QED) is 0.419. The number of amides is 1. The number of methoxy groups -OCH3 is 1. The second-order valence-electron chi connectivity index (χ2n) is 6.56. The molecule has 0 atom stereocenters. The summed E-state index contributed by atoms with van der Waals surface area (Å²) in [5, 5.41) is 3.45. The lowest BCUT2D eigenvalue weighted by atomic mass is 10.1. The number of nitrogens with two attached hydrogens (primary N) is 1. The summed E-state index contributed by atoms with van der Waals surface area (Å²) in [6, 6.07) is 9.43. The van der Waals surface area contributed by atoms with E-state index in [0.29, 0.717) is 22.2 Å². The van der Waals surface area contributed by atoms with Crippen LogP contribution in [-0.2, 0) is 4.74 Å². The molecule has 0 spiro atoms. The van der Waals surface area contributed by atoms with Crippen molar-refractivity contribution in [3.63, 3.8) is 0 Å². The van der Waals surface area contributed by atoms with E-state index in [2.05, 4.69) is 10.2 Å². The fourth-order valence-corrected chi connectivity index (χ4v) is 3.43. The topological polar surface area (TPSA) is 72.0 Å². The van der Waals surface area contributed by atoms with Crippen LogP contribution in [0.1, 0.15) is 36.2 Å². The molecule has 0 heterocycles. The highest BCUT2D eigenvalue weighted by Crippen LogP contribution is 2.45. The molecule has 152 valence electrons. The van der Waals surface area contributed by atoms with Crippen molar-refractivity contribution in [3.8, 4) is 0 Å². The van der Waals surface area contributed by atoms with E-state index >= 15 is 0 Å². The van der Waals surface area contributed by atoms with Crippen molar-refractivity contribution < 1.29 is 13.9 Å². The Kier molecular flexibility index (Phi) is 6.57. The van der Waals surface area contributed by atoms with Crippen LogP contribution in [0.15, 0.2) is 36.4 Å². The van der Waals surface area contributed by atoms with Gasteiger partial charge < -0.3 is 15.8 Å². The molecule has 0 unspecified atom stereocenters. The van der Waals surface area contributed by atoms with Crippen molar-refractivity contribution in [3.05, 3.63) is 64.8 Å². The van der Waals surface area contributed by atoms with Crippen LogP contribution in [0.3, 0.4) is 0 Å². The Morgan fingerprint density at radius 2 is 2.03 bits per heavy atom. The third-order valence-electron chi connectivity index (χ3n) is 4.71. The van der Waals surface area contributed by atoms with E-state index < -0.39 is 17.4 Å². The molecular weight excluding hydrogens is 391 g/mol. The van der Waals surface area contributed by atoms with E-state index in [0.717, 1.165) is 18.4 Å². The predicted molar refractivity (Wildman–Crippen MR) is 117 cm³/mol. The van der Waals surface area contributed by atoms with Crippen molar-refractivity contribution in [2.45, 2.75) is 32.9 Å². The predicted octanol–water partition coefficient (Wildman–Crippen LogP) is 4.76. The second-order valence-corrected chi connectivity index (χ2v) is 6.94. The zero-order valence-electron chi connectivity index (χ0n) is 15.5. The minimum atomic E-state index is -0.834. The lowest BCUT2D eigenvalue weighted by Crippen LogP contribution is -2.46. The number of ether oxygens (including phenoxy) is 1. The summed E-state index contributed by atoms with van der Waals surface area (Å²) in [5.41, 5.74) is 6.88. The van der Waals surface area contributed by atoms with Crippen molar-refractivity contribution in [1.82, 2.24) is 0 Å². The van der Waals surface area contributed by atoms with Gasteiger partial charge >= 0.3 is 0 Å². The number of anilines is 2. The molecule has 8 heteroatoms. The average molecular weight is 415 g/mol. The lowest BCUT2D eigenvalue weighted by Gasteiger charge is -2.33. The Labute approximate surface area is 175 Å². The molecule has 0 aromatic heterocycles. The number of nitrogens with zero attached hydrogens (tertiary/aromatic N) is 2. The average Bonchev–Trinajstić information content (AvgIpc) is 3.42. The molecule has 1 aliphatic rings. The second kappa shape index (κ2) is 8.55. The SMILES string of the molecule is C.[C-]#[N+]c1ccc(NC(=S)N(c2ccc(C(N)=O)c(F)c2)C2(OC)CC2)cc1C. The van der Waals surface area contributed by atoms with Crippen LogP contribution in [0.5, 0.6) is 0 Å². The summed E-state index contributed by atoms with van der Waals surface area (Å²) in [5.74, 6) is -1.55. The molecule has 0 saturated heterocycles. The lowest BCUT2D eigenvalue weighted by molar-refractivity contribution is 0.0887. The number of rotatable bonds is 5. The minimum Gasteiger partial charge on any atom is -0.366 e. The zero-order valence-corrected chi connectivity index (χ0v) is 16.3. The minimum absolute atomic E-state index is 0.